The Morgan fingerprint density at radius 3 is 2.62 bits per heavy atom. The summed E-state index contributed by atoms with van der Waals surface area (Å²) in [5.41, 5.74) is 1.47. The lowest BCUT2D eigenvalue weighted by Gasteiger charge is -2.36. The molecule has 0 spiro atoms. The molecule has 1 fully saturated rings. The lowest BCUT2D eigenvalue weighted by atomic mass is 9.86. The van der Waals surface area contributed by atoms with E-state index in [1.54, 1.807) is 0 Å². The Morgan fingerprint density at radius 1 is 1.31 bits per heavy atom. The Labute approximate surface area is 109 Å². The zero-order valence-electron chi connectivity index (χ0n) is 9.60. The quantitative estimate of drug-likeness (QED) is 0.735. The number of benzene rings is 1. The minimum absolute atomic E-state index is 0. The van der Waals surface area contributed by atoms with E-state index in [0.29, 0.717) is 12.0 Å². The summed E-state index contributed by atoms with van der Waals surface area (Å²) in [6.07, 6.45) is 2.46. The summed E-state index contributed by atoms with van der Waals surface area (Å²) in [7, 11) is 2.17. The third kappa shape index (κ3) is 3.13. The predicted molar refractivity (Wildman–Crippen MR) is 72.8 cm³/mol. The molecule has 2 atom stereocenters. The molecular formula is C13H19Cl2N. The maximum atomic E-state index is 5.99. The van der Waals surface area contributed by atoms with E-state index in [4.69, 9.17) is 11.6 Å². The average molecular weight is 260 g/mol. The second-order valence-electron chi connectivity index (χ2n) is 4.42. The van der Waals surface area contributed by atoms with Crippen molar-refractivity contribution < 1.29 is 0 Å². The maximum absolute atomic E-state index is 5.99. The average Bonchev–Trinajstić information content (AvgIpc) is 2.31. The number of alkyl halides is 1. The van der Waals surface area contributed by atoms with Crippen molar-refractivity contribution in [2.45, 2.75) is 24.8 Å². The van der Waals surface area contributed by atoms with Gasteiger partial charge < -0.3 is 4.90 Å². The summed E-state index contributed by atoms with van der Waals surface area (Å²) < 4.78 is 0. The zero-order valence-corrected chi connectivity index (χ0v) is 11.2. The minimum atomic E-state index is 0. The topological polar surface area (TPSA) is 3.24 Å². The molecule has 2 unspecified atom stereocenters. The number of likely N-dealkylation sites (tertiary alicyclic amines) is 1. The van der Waals surface area contributed by atoms with Crippen molar-refractivity contribution in [1.82, 2.24) is 4.90 Å². The number of rotatable bonds is 2. The Balaban J connectivity index is 0.00000128. The van der Waals surface area contributed by atoms with Crippen LogP contribution < -0.4 is 0 Å². The van der Waals surface area contributed by atoms with E-state index in [2.05, 4.69) is 42.3 Å². The molecule has 90 valence electrons. The molecule has 1 heterocycles. The van der Waals surface area contributed by atoms with Crippen molar-refractivity contribution in [3.63, 3.8) is 0 Å². The molecule has 1 saturated heterocycles. The molecule has 0 bridgehead atoms. The Morgan fingerprint density at radius 2 is 2.00 bits per heavy atom. The summed E-state index contributed by atoms with van der Waals surface area (Å²) in [5.74, 6) is 1.45. The van der Waals surface area contributed by atoms with Gasteiger partial charge in [-0.05, 0) is 37.9 Å². The van der Waals surface area contributed by atoms with Crippen LogP contribution in [0.15, 0.2) is 30.3 Å². The molecule has 1 aliphatic heterocycles. The Hall–Kier alpha value is -0.240. The second kappa shape index (κ2) is 6.48. The van der Waals surface area contributed by atoms with E-state index >= 15 is 0 Å². The van der Waals surface area contributed by atoms with Crippen LogP contribution in [-0.2, 0) is 0 Å². The van der Waals surface area contributed by atoms with Gasteiger partial charge in [-0.1, -0.05) is 30.3 Å². The van der Waals surface area contributed by atoms with E-state index in [9.17, 15) is 0 Å². The zero-order chi connectivity index (χ0) is 10.7. The van der Waals surface area contributed by atoms with Crippen molar-refractivity contribution in [2.75, 3.05) is 19.5 Å². The first-order valence-electron chi connectivity index (χ1n) is 5.62. The van der Waals surface area contributed by atoms with Crippen LogP contribution in [-0.4, -0.2) is 30.4 Å². The maximum Gasteiger partial charge on any atom is 0.0379 e. The number of hydrogen-bond donors (Lipinski definition) is 0. The van der Waals surface area contributed by atoms with Gasteiger partial charge in [-0.15, -0.1) is 24.0 Å². The van der Waals surface area contributed by atoms with Crippen molar-refractivity contribution in [2.24, 2.45) is 0 Å². The van der Waals surface area contributed by atoms with Crippen molar-refractivity contribution >= 4 is 24.0 Å². The van der Waals surface area contributed by atoms with E-state index in [1.165, 1.54) is 18.4 Å². The van der Waals surface area contributed by atoms with E-state index in [-0.39, 0.29) is 12.4 Å². The normalized spacial score (nSPS) is 26.1. The van der Waals surface area contributed by atoms with Crippen LogP contribution in [0.2, 0.25) is 0 Å². The minimum Gasteiger partial charge on any atom is -0.302 e. The number of piperidine rings is 1. The van der Waals surface area contributed by atoms with Crippen LogP contribution in [0.25, 0.3) is 0 Å². The van der Waals surface area contributed by atoms with Gasteiger partial charge in [-0.25, -0.2) is 0 Å². The highest BCUT2D eigenvalue weighted by atomic mass is 35.5. The van der Waals surface area contributed by atoms with Gasteiger partial charge >= 0.3 is 0 Å². The molecule has 0 aliphatic carbocycles. The fourth-order valence-electron chi connectivity index (χ4n) is 2.38. The van der Waals surface area contributed by atoms with Gasteiger partial charge in [-0.3, -0.25) is 0 Å². The summed E-state index contributed by atoms with van der Waals surface area (Å²) in [5, 5.41) is 0. The van der Waals surface area contributed by atoms with Gasteiger partial charge in [0.05, 0.1) is 0 Å². The van der Waals surface area contributed by atoms with Gasteiger partial charge in [0.1, 0.15) is 0 Å². The number of hydrogen-bond acceptors (Lipinski definition) is 1. The first-order chi connectivity index (χ1) is 7.31. The molecule has 3 heteroatoms. The molecule has 0 radical (unpaired) electrons. The molecule has 0 N–H and O–H groups in total. The van der Waals surface area contributed by atoms with Gasteiger partial charge in [-0.2, -0.15) is 0 Å². The summed E-state index contributed by atoms with van der Waals surface area (Å²) in [6, 6.07) is 11.4. The molecule has 16 heavy (non-hydrogen) atoms. The van der Waals surface area contributed by atoms with Crippen LogP contribution in [0.1, 0.15) is 24.3 Å². The van der Waals surface area contributed by atoms with Gasteiger partial charge in [0.25, 0.3) is 0 Å². The molecule has 2 rings (SSSR count). The smallest absolute Gasteiger partial charge is 0.0379 e. The van der Waals surface area contributed by atoms with Crippen LogP contribution in [0, 0.1) is 0 Å². The molecular weight excluding hydrogens is 241 g/mol. The highest BCUT2D eigenvalue weighted by molar-refractivity contribution is 6.18. The molecule has 1 nitrogen and oxygen atoms in total. The van der Waals surface area contributed by atoms with Gasteiger partial charge in [0.2, 0.25) is 0 Å². The number of nitrogens with zero attached hydrogens (tertiary/aromatic N) is 1. The lowest BCUT2D eigenvalue weighted by molar-refractivity contribution is 0.185. The van der Waals surface area contributed by atoms with Crippen LogP contribution in [0.5, 0.6) is 0 Å². The molecule has 0 aromatic heterocycles. The first kappa shape index (κ1) is 13.8. The third-order valence-corrected chi connectivity index (χ3v) is 3.82. The molecule has 1 aliphatic rings. The first-order valence-corrected chi connectivity index (χ1v) is 6.16. The van der Waals surface area contributed by atoms with E-state index < -0.39 is 0 Å². The monoisotopic (exact) mass is 259 g/mol. The molecule has 0 saturated carbocycles. The fourth-order valence-corrected chi connectivity index (χ4v) is 2.74. The summed E-state index contributed by atoms with van der Waals surface area (Å²) >= 11 is 5.99. The van der Waals surface area contributed by atoms with Gasteiger partial charge in [0, 0.05) is 11.9 Å². The van der Waals surface area contributed by atoms with Gasteiger partial charge in [0.15, 0.2) is 0 Å². The van der Waals surface area contributed by atoms with Crippen molar-refractivity contribution in [3.05, 3.63) is 35.9 Å². The van der Waals surface area contributed by atoms with Crippen LogP contribution >= 0.6 is 24.0 Å². The second-order valence-corrected chi connectivity index (χ2v) is 4.73. The fraction of sp³-hybridized carbons (Fsp3) is 0.538. The Kier molecular flexibility index (Phi) is 5.60. The van der Waals surface area contributed by atoms with Crippen molar-refractivity contribution in [3.8, 4) is 0 Å². The standard InChI is InChI=1S/C13H18ClN.ClH/c1-15-8-7-12(9-13(15)10-14)11-5-3-2-4-6-11;/h2-6,12-13H,7-10H2,1H3;1H. The molecule has 1 aromatic rings. The van der Waals surface area contributed by atoms with Crippen molar-refractivity contribution in [1.29, 1.82) is 0 Å². The highest BCUT2D eigenvalue weighted by Gasteiger charge is 2.25. The van der Waals surface area contributed by atoms with Crippen LogP contribution in [0.4, 0.5) is 0 Å². The molecule has 0 amide bonds. The SMILES string of the molecule is CN1CCC(c2ccccc2)CC1CCl.Cl. The van der Waals surface area contributed by atoms with Crippen LogP contribution in [0.3, 0.4) is 0 Å². The summed E-state index contributed by atoms with van der Waals surface area (Å²) in [4.78, 5) is 2.38. The largest absolute Gasteiger partial charge is 0.302 e. The lowest BCUT2D eigenvalue weighted by Crippen LogP contribution is -2.40. The Bertz CT molecular complexity index is 302. The van der Waals surface area contributed by atoms with E-state index in [1.807, 2.05) is 0 Å². The van der Waals surface area contributed by atoms with E-state index in [0.717, 1.165) is 12.4 Å². The third-order valence-electron chi connectivity index (χ3n) is 3.46. The molecule has 1 aromatic carbocycles. The number of halogens is 2. The predicted octanol–water partition coefficient (Wildman–Crippen LogP) is 3.53. The summed E-state index contributed by atoms with van der Waals surface area (Å²) in [6.45, 7) is 1.16. The highest BCUT2D eigenvalue weighted by Crippen LogP contribution is 2.30.